The lowest BCUT2D eigenvalue weighted by Crippen LogP contribution is -2.30. The maximum absolute atomic E-state index is 12.8. The largest absolute Gasteiger partial charge is 0.462 e. The fraction of sp³-hybridized carbons (Fsp3) is 0.944. The predicted octanol–water partition coefficient (Wildman–Crippen LogP) is 17.5. The molecule has 0 saturated heterocycles. The van der Waals surface area contributed by atoms with Gasteiger partial charge in [0.15, 0.2) is 6.10 Å². The first kappa shape index (κ1) is 58.4. The highest BCUT2D eigenvalue weighted by atomic mass is 16.6. The van der Waals surface area contributed by atoms with Crippen molar-refractivity contribution in [3.8, 4) is 0 Å². The molecular weight excluding hydrogens is 745 g/mol. The van der Waals surface area contributed by atoms with Crippen LogP contribution in [0.3, 0.4) is 0 Å². The Morgan fingerprint density at radius 3 is 0.867 bits per heavy atom. The SMILES string of the molecule is CCCCCCCCCCCCCCCCCCC(=O)OC[C@@H](COC(=O)CCCCCCCCCCCCC(C)CC)OC(=O)CCCCCCCCCCCCCC. The molecule has 0 rings (SSSR count). The van der Waals surface area contributed by atoms with E-state index in [9.17, 15) is 14.4 Å². The minimum absolute atomic E-state index is 0.0625. The summed E-state index contributed by atoms with van der Waals surface area (Å²) >= 11 is 0. The Hall–Kier alpha value is -1.59. The molecule has 1 unspecified atom stereocenters. The molecule has 0 fully saturated rings. The number of unbranched alkanes of at least 4 members (excludes halogenated alkanes) is 35. The zero-order valence-corrected chi connectivity index (χ0v) is 40.9. The van der Waals surface area contributed by atoms with Gasteiger partial charge >= 0.3 is 17.9 Å². The summed E-state index contributed by atoms with van der Waals surface area (Å²) in [4.78, 5) is 38.0. The molecule has 0 aromatic heterocycles. The van der Waals surface area contributed by atoms with Crippen LogP contribution >= 0.6 is 0 Å². The number of ether oxygens (including phenoxy) is 3. The highest BCUT2D eigenvalue weighted by Crippen LogP contribution is 2.18. The van der Waals surface area contributed by atoms with Crippen LogP contribution in [0.25, 0.3) is 0 Å². The standard InChI is InChI=1S/C54H104O6/c1-5-8-10-12-14-16-18-20-21-22-23-25-29-33-37-41-45-52(55)58-48-51(60-54(57)47-43-39-35-31-24-19-17-15-13-11-9-6-2)49-59-53(56)46-42-38-34-30-27-26-28-32-36-40-44-50(4)7-3/h50-51H,5-49H2,1-4H3/t50?,51-/m0/s1. The van der Waals surface area contributed by atoms with E-state index in [0.29, 0.717) is 19.3 Å². The predicted molar refractivity (Wildman–Crippen MR) is 257 cm³/mol. The second kappa shape index (κ2) is 48.4. The molecular formula is C54H104O6. The van der Waals surface area contributed by atoms with Gasteiger partial charge in [0.05, 0.1) is 0 Å². The van der Waals surface area contributed by atoms with Crippen molar-refractivity contribution in [2.45, 2.75) is 310 Å². The minimum atomic E-state index is -0.761. The van der Waals surface area contributed by atoms with E-state index in [4.69, 9.17) is 14.2 Å². The lowest BCUT2D eigenvalue weighted by Gasteiger charge is -2.18. The van der Waals surface area contributed by atoms with E-state index in [2.05, 4.69) is 27.7 Å². The first-order valence-corrected chi connectivity index (χ1v) is 26.9. The molecule has 0 aliphatic carbocycles. The molecule has 2 atom stereocenters. The molecule has 0 radical (unpaired) electrons. The van der Waals surface area contributed by atoms with Crippen molar-refractivity contribution in [3.63, 3.8) is 0 Å². The summed E-state index contributed by atoms with van der Waals surface area (Å²) in [6, 6.07) is 0. The number of carbonyl (C=O) groups is 3. The summed E-state index contributed by atoms with van der Waals surface area (Å²) in [5.41, 5.74) is 0. The van der Waals surface area contributed by atoms with E-state index in [1.54, 1.807) is 0 Å². The summed E-state index contributed by atoms with van der Waals surface area (Å²) in [6.07, 6.45) is 50.8. The molecule has 356 valence electrons. The molecule has 0 aliphatic rings. The van der Waals surface area contributed by atoms with E-state index >= 15 is 0 Å². The van der Waals surface area contributed by atoms with Gasteiger partial charge in [0.1, 0.15) is 13.2 Å². The molecule has 0 N–H and O–H groups in total. The molecule has 0 amide bonds. The van der Waals surface area contributed by atoms with Crippen molar-refractivity contribution >= 4 is 17.9 Å². The number of rotatable bonds is 49. The van der Waals surface area contributed by atoms with Gasteiger partial charge in [0, 0.05) is 19.3 Å². The van der Waals surface area contributed by atoms with E-state index in [-0.39, 0.29) is 31.1 Å². The molecule has 0 heterocycles. The lowest BCUT2D eigenvalue weighted by atomic mass is 9.99. The maximum Gasteiger partial charge on any atom is 0.306 e. The van der Waals surface area contributed by atoms with Crippen LogP contribution < -0.4 is 0 Å². The average molecular weight is 849 g/mol. The van der Waals surface area contributed by atoms with Crippen molar-refractivity contribution in [2.24, 2.45) is 5.92 Å². The number of carbonyl (C=O) groups excluding carboxylic acids is 3. The number of hydrogen-bond acceptors (Lipinski definition) is 6. The van der Waals surface area contributed by atoms with Crippen molar-refractivity contribution in [2.75, 3.05) is 13.2 Å². The molecule has 60 heavy (non-hydrogen) atoms. The molecule has 6 nitrogen and oxygen atoms in total. The smallest absolute Gasteiger partial charge is 0.306 e. The summed E-state index contributed by atoms with van der Waals surface area (Å²) < 4.78 is 16.8. The van der Waals surface area contributed by atoms with Gasteiger partial charge in [0.2, 0.25) is 0 Å². The first-order valence-electron chi connectivity index (χ1n) is 26.9. The van der Waals surface area contributed by atoms with Crippen molar-refractivity contribution in [1.82, 2.24) is 0 Å². The lowest BCUT2D eigenvalue weighted by molar-refractivity contribution is -0.167. The number of esters is 3. The Bertz CT molecular complexity index is 905. The van der Waals surface area contributed by atoms with Gasteiger partial charge in [0.25, 0.3) is 0 Å². The third kappa shape index (κ3) is 45.9. The van der Waals surface area contributed by atoms with Gasteiger partial charge in [-0.2, -0.15) is 0 Å². The monoisotopic (exact) mass is 849 g/mol. The summed E-state index contributed by atoms with van der Waals surface area (Å²) in [5.74, 6) is 0.0280. The molecule has 0 aromatic rings. The van der Waals surface area contributed by atoms with Crippen molar-refractivity contribution in [3.05, 3.63) is 0 Å². The van der Waals surface area contributed by atoms with Crippen molar-refractivity contribution < 1.29 is 28.6 Å². The zero-order chi connectivity index (χ0) is 43.8. The van der Waals surface area contributed by atoms with Gasteiger partial charge < -0.3 is 14.2 Å². The highest BCUT2D eigenvalue weighted by molar-refractivity contribution is 5.71. The molecule has 0 aliphatic heterocycles. The van der Waals surface area contributed by atoms with E-state index < -0.39 is 6.10 Å². The van der Waals surface area contributed by atoms with E-state index in [0.717, 1.165) is 63.7 Å². The van der Waals surface area contributed by atoms with Gasteiger partial charge in [-0.3, -0.25) is 14.4 Å². The van der Waals surface area contributed by atoms with Crippen LogP contribution in [-0.4, -0.2) is 37.2 Å². The summed E-state index contributed by atoms with van der Waals surface area (Å²) in [7, 11) is 0. The first-order chi connectivity index (χ1) is 29.4. The number of hydrogen-bond donors (Lipinski definition) is 0. The van der Waals surface area contributed by atoms with E-state index in [1.807, 2.05) is 0 Å². The molecule has 0 spiro atoms. The van der Waals surface area contributed by atoms with Crippen LogP contribution in [-0.2, 0) is 28.6 Å². The molecule has 6 heteroatoms. The van der Waals surface area contributed by atoms with Crippen LogP contribution in [0.5, 0.6) is 0 Å². The maximum atomic E-state index is 12.8. The Morgan fingerprint density at radius 1 is 0.333 bits per heavy atom. The zero-order valence-electron chi connectivity index (χ0n) is 40.9. The van der Waals surface area contributed by atoms with Crippen molar-refractivity contribution in [1.29, 1.82) is 0 Å². The fourth-order valence-corrected chi connectivity index (χ4v) is 8.19. The summed E-state index contributed by atoms with van der Waals surface area (Å²) in [5, 5.41) is 0. The Kier molecular flexibility index (Phi) is 47.2. The van der Waals surface area contributed by atoms with Crippen LogP contribution in [0, 0.1) is 5.92 Å². The van der Waals surface area contributed by atoms with Crippen LogP contribution in [0.1, 0.15) is 304 Å². The average Bonchev–Trinajstić information content (AvgIpc) is 3.25. The van der Waals surface area contributed by atoms with Gasteiger partial charge in [-0.1, -0.05) is 265 Å². The topological polar surface area (TPSA) is 78.9 Å². The van der Waals surface area contributed by atoms with Gasteiger partial charge in [-0.25, -0.2) is 0 Å². The minimum Gasteiger partial charge on any atom is -0.462 e. The highest BCUT2D eigenvalue weighted by Gasteiger charge is 2.19. The quantitative estimate of drug-likeness (QED) is 0.0345. The normalized spacial score (nSPS) is 12.4. The Balaban J connectivity index is 4.29. The molecule has 0 saturated carbocycles. The second-order valence-electron chi connectivity index (χ2n) is 18.8. The Morgan fingerprint density at radius 2 is 0.583 bits per heavy atom. The third-order valence-corrected chi connectivity index (χ3v) is 12.7. The fourth-order valence-electron chi connectivity index (χ4n) is 8.19. The summed E-state index contributed by atoms with van der Waals surface area (Å²) in [6.45, 7) is 9.06. The van der Waals surface area contributed by atoms with E-state index in [1.165, 1.54) is 199 Å². The molecule has 0 aromatic carbocycles. The third-order valence-electron chi connectivity index (χ3n) is 12.7. The van der Waals surface area contributed by atoms with Crippen LogP contribution in [0.2, 0.25) is 0 Å². The Labute approximate surface area is 374 Å². The van der Waals surface area contributed by atoms with Crippen LogP contribution in [0.15, 0.2) is 0 Å². The molecule has 0 bridgehead atoms. The second-order valence-corrected chi connectivity index (χ2v) is 18.8. The van der Waals surface area contributed by atoms with Gasteiger partial charge in [-0.05, 0) is 25.2 Å². The van der Waals surface area contributed by atoms with Gasteiger partial charge in [-0.15, -0.1) is 0 Å². The van der Waals surface area contributed by atoms with Crippen LogP contribution in [0.4, 0.5) is 0 Å².